The normalized spacial score (nSPS) is 10.8. The van der Waals surface area contributed by atoms with E-state index in [9.17, 15) is 33.6 Å². The Hall–Kier alpha value is -8.78. The van der Waals surface area contributed by atoms with Gasteiger partial charge in [0.1, 0.15) is 23.5 Å². The van der Waals surface area contributed by atoms with E-state index in [1.165, 1.54) is 21.4 Å². The lowest BCUT2D eigenvalue weighted by Crippen LogP contribution is -2.31. The molecule has 27 heteroatoms. The number of aromatic nitrogens is 16. The third-order valence-corrected chi connectivity index (χ3v) is 11.1. The number of aromatic amines is 3. The van der Waals surface area contributed by atoms with Gasteiger partial charge in [0.15, 0.2) is 22.6 Å². The molecule has 0 saturated heterocycles. The van der Waals surface area contributed by atoms with Gasteiger partial charge in [0.05, 0.1) is 12.7 Å². The van der Waals surface area contributed by atoms with Gasteiger partial charge in [-0.25, -0.2) is 39.1 Å². The fourth-order valence-electron chi connectivity index (χ4n) is 6.77. The van der Waals surface area contributed by atoms with Crippen molar-refractivity contribution in [3.8, 4) is 0 Å². The van der Waals surface area contributed by atoms with Crippen LogP contribution in [0.5, 0.6) is 0 Å². The van der Waals surface area contributed by atoms with Gasteiger partial charge in [0, 0.05) is 106 Å². The third-order valence-electron chi connectivity index (χ3n) is 11.1. The molecule has 7 N–H and O–H groups in total. The summed E-state index contributed by atoms with van der Waals surface area (Å²) >= 11 is 0. The molecule has 0 aromatic carbocycles. The monoisotopic (exact) mass is 1070 g/mol. The van der Waals surface area contributed by atoms with Gasteiger partial charge in [0.2, 0.25) is 5.95 Å². The van der Waals surface area contributed by atoms with Crippen LogP contribution < -0.4 is 60.7 Å². The fraction of sp³-hybridized carbons (Fsp3) is 0.480. The Labute approximate surface area is 444 Å². The van der Waals surface area contributed by atoms with Crippen LogP contribution in [-0.2, 0) is 0 Å². The molecular formula is C50H76N20O7. The Balaban J connectivity index is 0.000000244. The number of rotatable bonds is 10. The highest BCUT2D eigenvalue weighted by Gasteiger charge is 2.13. The summed E-state index contributed by atoms with van der Waals surface area (Å²) < 4.78 is 10.1. The molecule has 77 heavy (non-hydrogen) atoms. The minimum Gasteiger partial charge on any atom is -0.373 e. The summed E-state index contributed by atoms with van der Waals surface area (Å²) in [5.41, 5.74) is 2.23. The average Bonchev–Trinajstić information content (AvgIpc) is 4.02. The van der Waals surface area contributed by atoms with Gasteiger partial charge >= 0.3 is 22.8 Å². The third kappa shape index (κ3) is 17.1. The van der Waals surface area contributed by atoms with Crippen molar-refractivity contribution in [3.05, 3.63) is 140 Å². The number of hydrogen-bond donors (Lipinski definition) is 7. The number of hydrogen-bond acceptors (Lipinski definition) is 18. The van der Waals surface area contributed by atoms with Gasteiger partial charge in [0.25, 0.3) is 16.7 Å². The van der Waals surface area contributed by atoms with Crippen molar-refractivity contribution < 1.29 is 0 Å². The van der Waals surface area contributed by atoms with Crippen molar-refractivity contribution in [1.82, 2.24) is 77.2 Å². The molecule has 0 radical (unpaired) electrons. The molecular weight excluding hydrogens is 993 g/mol. The molecule has 0 atom stereocenters. The molecule has 0 aliphatic carbocycles. The quantitative estimate of drug-likeness (QED) is 0.0969. The van der Waals surface area contributed by atoms with Crippen LogP contribution in [0.1, 0.15) is 130 Å². The van der Waals surface area contributed by atoms with E-state index in [4.69, 9.17) is 0 Å². The zero-order chi connectivity index (χ0) is 58.0. The Kier molecular flexibility index (Phi) is 23.4. The number of nitrogens with one attached hydrogen (secondary N) is 7. The Morgan fingerprint density at radius 2 is 0.948 bits per heavy atom. The van der Waals surface area contributed by atoms with Crippen molar-refractivity contribution >= 4 is 45.7 Å². The van der Waals surface area contributed by atoms with Gasteiger partial charge in [-0.2, -0.15) is 15.0 Å². The van der Waals surface area contributed by atoms with Gasteiger partial charge in [-0.3, -0.25) is 47.6 Å². The van der Waals surface area contributed by atoms with Crippen LogP contribution in [0.2, 0.25) is 0 Å². The first-order valence-electron chi connectivity index (χ1n) is 24.9. The highest BCUT2D eigenvalue weighted by atomic mass is 16.2. The predicted octanol–water partition coefficient (Wildman–Crippen LogP) is 4.77. The molecule has 0 fully saturated rings. The smallest absolute Gasteiger partial charge is 0.349 e. The number of aryl methyl sites for hydroxylation is 2. The first-order chi connectivity index (χ1) is 36.2. The summed E-state index contributed by atoms with van der Waals surface area (Å²) in [5, 5.41) is 11.5. The maximum atomic E-state index is 11.6. The van der Waals surface area contributed by atoms with Crippen molar-refractivity contribution in [2.24, 2.45) is 0 Å². The van der Waals surface area contributed by atoms with Crippen LogP contribution in [-0.4, -0.2) is 105 Å². The van der Waals surface area contributed by atoms with Crippen molar-refractivity contribution in [1.29, 1.82) is 0 Å². The first-order valence-corrected chi connectivity index (χ1v) is 24.9. The van der Waals surface area contributed by atoms with E-state index >= 15 is 0 Å². The Bertz CT molecular complexity index is 3610. The molecule has 418 valence electrons. The molecule has 8 aromatic rings. The van der Waals surface area contributed by atoms with Gasteiger partial charge in [-0.05, 0) is 103 Å². The second-order valence-electron chi connectivity index (χ2n) is 18.8. The van der Waals surface area contributed by atoms with Crippen molar-refractivity contribution in [2.75, 3.05) is 49.5 Å². The number of fused-ring (bicyclic) bond motifs is 2. The number of anilines is 4. The van der Waals surface area contributed by atoms with Crippen molar-refractivity contribution in [3.63, 3.8) is 0 Å². The molecule has 0 aliphatic heterocycles. The van der Waals surface area contributed by atoms with E-state index in [1.54, 1.807) is 74.6 Å². The summed E-state index contributed by atoms with van der Waals surface area (Å²) in [4.78, 5) is 114. The highest BCUT2D eigenvalue weighted by molar-refractivity contribution is 5.82. The Morgan fingerprint density at radius 1 is 0.442 bits per heavy atom. The molecule has 8 heterocycles. The maximum Gasteiger partial charge on any atom is 0.349 e. The van der Waals surface area contributed by atoms with Crippen LogP contribution in [0.3, 0.4) is 0 Å². The summed E-state index contributed by atoms with van der Waals surface area (Å²) in [6, 6.07) is 4.18. The minimum atomic E-state index is -0.355. The summed E-state index contributed by atoms with van der Waals surface area (Å²) in [5.74, 6) is 2.49. The molecule has 0 spiro atoms. The number of imidazole rings is 2. The van der Waals surface area contributed by atoms with Crippen molar-refractivity contribution in [2.45, 2.75) is 133 Å². The lowest BCUT2D eigenvalue weighted by Gasteiger charge is -2.11. The second kappa shape index (κ2) is 28.8. The molecule has 0 saturated carbocycles. The molecule has 0 amide bonds. The number of H-pyrrole nitrogens is 3. The highest BCUT2D eigenvalue weighted by Crippen LogP contribution is 2.19. The number of nitrogens with zero attached hydrogens (tertiary/aromatic N) is 13. The fourth-order valence-corrected chi connectivity index (χ4v) is 6.77. The van der Waals surface area contributed by atoms with E-state index < -0.39 is 0 Å². The second-order valence-corrected chi connectivity index (χ2v) is 18.8. The topological polar surface area (TPSA) is 335 Å². The zero-order valence-corrected chi connectivity index (χ0v) is 47.3. The summed E-state index contributed by atoms with van der Waals surface area (Å²) in [6.07, 6.45) is 11.6. The molecule has 8 rings (SSSR count). The van der Waals surface area contributed by atoms with Gasteiger partial charge < -0.3 is 30.4 Å². The van der Waals surface area contributed by atoms with E-state index in [-0.39, 0.29) is 69.6 Å². The van der Waals surface area contributed by atoms with E-state index in [2.05, 4.69) is 85.0 Å². The molecule has 8 aromatic heterocycles. The van der Waals surface area contributed by atoms with Crippen LogP contribution in [0.25, 0.3) is 22.3 Å². The van der Waals surface area contributed by atoms with Gasteiger partial charge in [-0.1, -0.05) is 0 Å². The predicted molar refractivity (Wildman–Crippen MR) is 303 cm³/mol. The molecule has 0 bridgehead atoms. The summed E-state index contributed by atoms with van der Waals surface area (Å²) in [7, 11) is 7.03. The molecule has 0 aliphatic rings. The maximum absolute atomic E-state index is 11.6. The lowest BCUT2D eigenvalue weighted by molar-refractivity contribution is 0.558. The van der Waals surface area contributed by atoms with E-state index in [0.717, 1.165) is 22.5 Å². The summed E-state index contributed by atoms with van der Waals surface area (Å²) in [6.45, 7) is 27.2. The molecule has 27 nitrogen and oxygen atoms in total. The lowest BCUT2D eigenvalue weighted by atomic mass is 10.3. The average molecular weight is 1070 g/mol. The van der Waals surface area contributed by atoms with Gasteiger partial charge in [-0.15, -0.1) is 0 Å². The van der Waals surface area contributed by atoms with Crippen LogP contribution >= 0.6 is 0 Å². The SMILES string of the molecule is CC(C)n1ccc(=O)[nH]c1=O.CNc1ccn(C(C)C)c(=O)n1.CNc1nc(=O)n(C(C)C)cc1C.CNc1nc2c(ncn2C(C)C)c(=O)[nH]1.CNc1ncnc2c1ncn2C(C)C.Cc1cn(C(C)C)c(=O)[nH]c1=O. The van der Waals surface area contributed by atoms with E-state index in [1.807, 2.05) is 98.5 Å². The first kappa shape index (κ1) is 62.5. The van der Waals surface area contributed by atoms with Crippen LogP contribution in [0.4, 0.5) is 23.4 Å². The van der Waals surface area contributed by atoms with Crippen LogP contribution in [0.15, 0.2) is 89.5 Å². The molecule has 0 unspecified atom stereocenters. The standard InChI is InChI=1S/C9H13N5O.C9H13N5.C9H15N3O.C8H13N3O.C8H12N2O2.C7H10N2O2/c1-5(2)14-4-11-6-7(14)12-9(10-3)13-8(6)15;1-6(2)14-5-13-7-8(10-3)11-4-12-9(7)14;1-6(2)12-5-7(3)8(10-4)11-9(12)13;1-6(2)11-5-4-7(9-3)10-8(11)12;1-5(2)10-4-6(3)7(11)9-8(10)12;1-5(2)9-4-3-6(10)8-7(9)11/h4-5H,1-3H3,(H2,10,12,13,15);4-6H,1-3H3,(H,10,11,12);5-6H,1-4H3,(H,10,11,13);4-6H,1-3H3,(H,9,10,12);4-5H,1-3H3,(H,9,11,12);3-5H,1-2H3,(H,8,10,11). The van der Waals surface area contributed by atoms with E-state index in [0.29, 0.717) is 40.4 Å². The largest absolute Gasteiger partial charge is 0.373 e. The minimum absolute atomic E-state index is 0.0769. The zero-order valence-electron chi connectivity index (χ0n) is 47.3. The van der Waals surface area contributed by atoms with Crippen LogP contribution in [0, 0.1) is 13.8 Å². The Morgan fingerprint density at radius 3 is 1.45 bits per heavy atom.